The van der Waals surface area contributed by atoms with E-state index in [2.05, 4.69) is 22.6 Å². The predicted molar refractivity (Wildman–Crippen MR) is 41.0 cm³/mol. The summed E-state index contributed by atoms with van der Waals surface area (Å²) in [6.07, 6.45) is 3.30. The van der Waals surface area contributed by atoms with Gasteiger partial charge in [-0.3, -0.25) is 4.79 Å². The van der Waals surface area contributed by atoms with Crippen molar-refractivity contribution >= 4 is 17.7 Å². The van der Waals surface area contributed by atoms with E-state index < -0.39 is 0 Å². The molecule has 0 aliphatic heterocycles. The maximum Gasteiger partial charge on any atom is 0.196 e. The Kier molecular flexibility index (Phi) is 2.11. The van der Waals surface area contributed by atoms with Gasteiger partial charge in [0.1, 0.15) is 5.82 Å². The molecular weight excluding hydrogens is 148 g/mol. The number of hydrogen-bond donors (Lipinski definition) is 2. The van der Waals surface area contributed by atoms with Crippen molar-refractivity contribution in [3.8, 4) is 0 Å². The van der Waals surface area contributed by atoms with Crippen LogP contribution in [0.3, 0.4) is 0 Å². The number of rotatable bonds is 2. The summed E-state index contributed by atoms with van der Waals surface area (Å²) in [7, 11) is 0. The van der Waals surface area contributed by atoms with Crippen molar-refractivity contribution < 1.29 is 4.79 Å². The Bertz CT molecular complexity index is 220. The van der Waals surface area contributed by atoms with Crippen LogP contribution in [0.4, 0.5) is 0 Å². The van der Waals surface area contributed by atoms with Gasteiger partial charge in [0.2, 0.25) is 0 Å². The molecular formula is C6H8N2OS. The Morgan fingerprint density at radius 1 is 1.90 bits per heavy atom. The summed E-state index contributed by atoms with van der Waals surface area (Å²) in [6.45, 7) is 1.76. The molecule has 4 heteroatoms. The highest BCUT2D eigenvalue weighted by molar-refractivity contribution is 7.96. The molecule has 0 aliphatic carbocycles. The maximum absolute atomic E-state index is 10.6. The molecule has 1 N–H and O–H groups in total. The second-order valence-electron chi connectivity index (χ2n) is 2.03. The third-order valence-corrected chi connectivity index (χ3v) is 1.69. The van der Waals surface area contributed by atoms with Gasteiger partial charge in [-0.15, -0.1) is 12.6 Å². The lowest BCUT2D eigenvalue weighted by molar-refractivity contribution is -0.111. The first kappa shape index (κ1) is 7.34. The maximum atomic E-state index is 10.6. The molecule has 0 spiro atoms. The first-order chi connectivity index (χ1) is 4.72. The highest BCUT2D eigenvalue weighted by atomic mass is 32.1. The van der Waals surface area contributed by atoms with Gasteiger partial charge < -0.3 is 4.98 Å². The molecule has 10 heavy (non-hydrogen) atoms. The van der Waals surface area contributed by atoms with Crippen molar-refractivity contribution in [2.45, 2.75) is 12.8 Å². The van der Waals surface area contributed by atoms with Gasteiger partial charge in [-0.2, -0.15) is 0 Å². The molecule has 54 valence electrons. The number of thiol groups is 1. The van der Waals surface area contributed by atoms with Gasteiger partial charge in [0.15, 0.2) is 5.12 Å². The third-order valence-electron chi connectivity index (χ3n) is 1.30. The monoisotopic (exact) mass is 156 g/mol. The molecule has 0 amide bonds. The van der Waals surface area contributed by atoms with Crippen LogP contribution < -0.4 is 0 Å². The second kappa shape index (κ2) is 2.88. The molecule has 1 unspecified atom stereocenters. The molecule has 1 atom stereocenters. The minimum absolute atomic E-state index is 0.171. The zero-order valence-corrected chi connectivity index (χ0v) is 6.43. The highest BCUT2D eigenvalue weighted by Gasteiger charge is 2.12. The molecule has 0 radical (unpaired) electrons. The van der Waals surface area contributed by atoms with Gasteiger partial charge in [0.05, 0.1) is 5.92 Å². The van der Waals surface area contributed by atoms with Crippen molar-refractivity contribution in [1.82, 2.24) is 9.97 Å². The molecule has 1 aromatic heterocycles. The topological polar surface area (TPSA) is 45.8 Å². The van der Waals surface area contributed by atoms with E-state index >= 15 is 0 Å². The van der Waals surface area contributed by atoms with Gasteiger partial charge in [-0.05, 0) is 6.92 Å². The van der Waals surface area contributed by atoms with E-state index in [1.54, 1.807) is 19.3 Å². The van der Waals surface area contributed by atoms with Gasteiger partial charge in [-0.1, -0.05) is 0 Å². The largest absolute Gasteiger partial charge is 0.348 e. The predicted octanol–water partition coefficient (Wildman–Crippen LogP) is 0.970. The fourth-order valence-corrected chi connectivity index (χ4v) is 0.754. The van der Waals surface area contributed by atoms with Crippen LogP contribution in [-0.4, -0.2) is 15.1 Å². The normalized spacial score (nSPS) is 13.0. The van der Waals surface area contributed by atoms with Crippen molar-refractivity contribution in [1.29, 1.82) is 0 Å². The smallest absolute Gasteiger partial charge is 0.196 e. The average Bonchev–Trinajstić information content (AvgIpc) is 2.36. The number of carbonyl (C=O) groups excluding carboxylic acids is 1. The number of aromatic amines is 1. The lowest BCUT2D eigenvalue weighted by Crippen LogP contribution is -2.03. The Labute approximate surface area is 64.3 Å². The number of aromatic nitrogens is 2. The van der Waals surface area contributed by atoms with Crippen molar-refractivity contribution in [3.05, 3.63) is 18.2 Å². The minimum atomic E-state index is -0.238. The third kappa shape index (κ3) is 1.39. The molecule has 0 bridgehead atoms. The van der Waals surface area contributed by atoms with E-state index in [4.69, 9.17) is 0 Å². The Balaban J connectivity index is 2.77. The van der Waals surface area contributed by atoms with Crippen LogP contribution in [0.1, 0.15) is 18.7 Å². The molecule has 1 heterocycles. The van der Waals surface area contributed by atoms with Crippen LogP contribution >= 0.6 is 12.6 Å². The van der Waals surface area contributed by atoms with Crippen LogP contribution in [0, 0.1) is 0 Å². The SMILES string of the molecule is CC(C(=O)S)c1ncc[nH]1. The number of nitrogens with zero attached hydrogens (tertiary/aromatic N) is 1. The average molecular weight is 156 g/mol. The summed E-state index contributed by atoms with van der Waals surface area (Å²) >= 11 is 3.68. The number of imidazole rings is 1. The van der Waals surface area contributed by atoms with Crippen molar-refractivity contribution in [2.75, 3.05) is 0 Å². The van der Waals surface area contributed by atoms with Crippen LogP contribution in [0.15, 0.2) is 12.4 Å². The fraction of sp³-hybridized carbons (Fsp3) is 0.333. The van der Waals surface area contributed by atoms with Gasteiger partial charge in [-0.25, -0.2) is 4.98 Å². The van der Waals surface area contributed by atoms with Gasteiger partial charge in [0.25, 0.3) is 0 Å². The van der Waals surface area contributed by atoms with Crippen molar-refractivity contribution in [2.24, 2.45) is 0 Å². The van der Waals surface area contributed by atoms with Crippen LogP contribution in [0.2, 0.25) is 0 Å². The molecule has 0 aromatic carbocycles. The van der Waals surface area contributed by atoms with Crippen LogP contribution in [-0.2, 0) is 4.79 Å². The van der Waals surface area contributed by atoms with E-state index in [1.807, 2.05) is 0 Å². The molecule has 3 nitrogen and oxygen atoms in total. The first-order valence-electron chi connectivity index (χ1n) is 2.94. The van der Waals surface area contributed by atoms with E-state index in [-0.39, 0.29) is 11.0 Å². The second-order valence-corrected chi connectivity index (χ2v) is 2.48. The summed E-state index contributed by atoms with van der Waals surface area (Å²) in [6, 6.07) is 0. The van der Waals surface area contributed by atoms with E-state index in [0.717, 1.165) is 0 Å². The van der Waals surface area contributed by atoms with Gasteiger partial charge >= 0.3 is 0 Å². The fourth-order valence-electron chi connectivity index (χ4n) is 0.631. The molecule has 1 aromatic rings. The van der Waals surface area contributed by atoms with Gasteiger partial charge in [0, 0.05) is 12.4 Å². The summed E-state index contributed by atoms with van der Waals surface area (Å²) in [5, 5.41) is -0.171. The molecule has 0 aliphatic rings. The molecule has 0 fully saturated rings. The molecule has 1 rings (SSSR count). The van der Waals surface area contributed by atoms with Crippen LogP contribution in [0.25, 0.3) is 0 Å². The lowest BCUT2D eigenvalue weighted by Gasteiger charge is -1.99. The quantitative estimate of drug-likeness (QED) is 0.627. The number of H-pyrrole nitrogens is 1. The summed E-state index contributed by atoms with van der Waals surface area (Å²) < 4.78 is 0. The number of hydrogen-bond acceptors (Lipinski definition) is 2. The first-order valence-corrected chi connectivity index (χ1v) is 3.38. The van der Waals surface area contributed by atoms with E-state index in [9.17, 15) is 4.79 Å². The molecule has 0 saturated heterocycles. The summed E-state index contributed by atoms with van der Waals surface area (Å²) in [5.41, 5.74) is 0. The molecule has 0 saturated carbocycles. The number of nitrogens with one attached hydrogen (secondary N) is 1. The highest BCUT2D eigenvalue weighted by Crippen LogP contribution is 2.11. The standard InChI is InChI=1S/C6H8N2OS/c1-4(6(9)10)5-7-2-3-8-5/h2-4H,1H3,(H,7,8)(H,9,10). The Morgan fingerprint density at radius 2 is 2.60 bits per heavy atom. The van der Waals surface area contributed by atoms with Crippen molar-refractivity contribution in [3.63, 3.8) is 0 Å². The summed E-state index contributed by atoms with van der Waals surface area (Å²) in [4.78, 5) is 17.4. The minimum Gasteiger partial charge on any atom is -0.348 e. The zero-order valence-electron chi connectivity index (χ0n) is 5.53. The lowest BCUT2D eigenvalue weighted by atomic mass is 10.2. The summed E-state index contributed by atoms with van der Waals surface area (Å²) in [5.74, 6) is 0.429. The Morgan fingerprint density at radius 3 is 3.00 bits per heavy atom. The Hall–Kier alpha value is -0.770. The number of carbonyl (C=O) groups is 1. The van der Waals surface area contributed by atoms with Crippen LogP contribution in [0.5, 0.6) is 0 Å². The van der Waals surface area contributed by atoms with E-state index in [1.165, 1.54) is 0 Å². The van der Waals surface area contributed by atoms with E-state index in [0.29, 0.717) is 5.82 Å². The zero-order chi connectivity index (χ0) is 7.56.